The predicted octanol–water partition coefficient (Wildman–Crippen LogP) is 0.903. The van der Waals surface area contributed by atoms with Gasteiger partial charge in [-0.15, -0.1) is 0 Å². The van der Waals surface area contributed by atoms with Crippen LogP contribution in [-0.2, 0) is 4.79 Å². The van der Waals surface area contributed by atoms with E-state index in [0.29, 0.717) is 0 Å². The van der Waals surface area contributed by atoms with E-state index in [-0.39, 0.29) is 5.78 Å². The fourth-order valence-corrected chi connectivity index (χ4v) is 0.373. The van der Waals surface area contributed by atoms with Crippen molar-refractivity contribution < 1.29 is 9.90 Å². The highest BCUT2D eigenvalue weighted by molar-refractivity contribution is 5.92. The van der Waals surface area contributed by atoms with Crippen molar-refractivity contribution in [1.29, 1.82) is 0 Å². The van der Waals surface area contributed by atoms with Gasteiger partial charge in [0.05, 0.1) is 0 Å². The Labute approximate surface area is 55.2 Å². The number of hydrogen-bond acceptors (Lipinski definition) is 2. The summed E-state index contributed by atoms with van der Waals surface area (Å²) in [5, 5.41) is 8.65. The Bertz CT molecular complexity index is 114. The van der Waals surface area contributed by atoms with Crippen molar-refractivity contribution in [2.24, 2.45) is 0 Å². The van der Waals surface area contributed by atoms with E-state index in [0.717, 1.165) is 6.42 Å². The highest BCUT2D eigenvalue weighted by Gasteiger charge is 2.01. The van der Waals surface area contributed by atoms with Crippen molar-refractivity contribution in [3.63, 3.8) is 0 Å². The maximum absolute atomic E-state index is 10.6. The van der Waals surface area contributed by atoms with E-state index < -0.39 is 6.10 Å². The van der Waals surface area contributed by atoms with Gasteiger partial charge >= 0.3 is 0 Å². The zero-order chi connectivity index (χ0) is 7.28. The third kappa shape index (κ3) is 3.91. The van der Waals surface area contributed by atoms with Crippen LogP contribution in [0.3, 0.4) is 0 Å². The number of carbonyl (C=O) groups is 1. The fourth-order valence-electron chi connectivity index (χ4n) is 0.373. The third-order valence-electron chi connectivity index (χ3n) is 0.930. The van der Waals surface area contributed by atoms with Crippen molar-refractivity contribution in [1.82, 2.24) is 0 Å². The zero-order valence-electron chi connectivity index (χ0n) is 5.79. The van der Waals surface area contributed by atoms with Crippen molar-refractivity contribution in [3.05, 3.63) is 12.2 Å². The molecule has 1 N–H and O–H groups in total. The molecule has 1 unspecified atom stereocenters. The molecule has 0 amide bonds. The van der Waals surface area contributed by atoms with Crippen LogP contribution in [0.5, 0.6) is 0 Å². The Morgan fingerprint density at radius 2 is 2.33 bits per heavy atom. The van der Waals surface area contributed by atoms with Gasteiger partial charge in [-0.3, -0.25) is 4.79 Å². The average Bonchev–Trinajstić information content (AvgIpc) is 1.82. The van der Waals surface area contributed by atoms with E-state index in [2.05, 4.69) is 0 Å². The van der Waals surface area contributed by atoms with E-state index in [1.165, 1.54) is 13.0 Å². The molecule has 2 heteroatoms. The Morgan fingerprint density at radius 1 is 1.78 bits per heavy atom. The quantitative estimate of drug-likeness (QED) is 0.573. The number of aliphatic hydroxyl groups excluding tert-OH is 1. The minimum Gasteiger partial charge on any atom is -0.385 e. The molecule has 0 aromatic carbocycles. The average molecular weight is 128 g/mol. The summed E-state index contributed by atoms with van der Waals surface area (Å²) in [6, 6.07) is 0. The molecule has 0 heterocycles. The first-order valence-corrected chi connectivity index (χ1v) is 3.07. The van der Waals surface area contributed by atoms with Crippen LogP contribution in [0, 0.1) is 0 Å². The molecule has 0 saturated heterocycles. The highest BCUT2D eigenvalue weighted by atomic mass is 16.3. The summed E-state index contributed by atoms with van der Waals surface area (Å²) >= 11 is 0. The fraction of sp³-hybridized carbons (Fsp3) is 0.571. The van der Waals surface area contributed by atoms with E-state index in [4.69, 9.17) is 5.11 Å². The second-order valence-electron chi connectivity index (χ2n) is 1.89. The molecular formula is C7H12O2. The molecule has 0 aliphatic heterocycles. The van der Waals surface area contributed by atoms with Gasteiger partial charge in [0, 0.05) is 0 Å². The SMILES string of the molecule is CCC=CC(=O)C(C)O. The normalized spacial score (nSPS) is 14.1. The lowest BCUT2D eigenvalue weighted by Gasteiger charge is -1.94. The van der Waals surface area contributed by atoms with Crippen molar-refractivity contribution in [3.8, 4) is 0 Å². The molecule has 0 spiro atoms. The molecule has 0 aromatic heterocycles. The standard InChI is InChI=1S/C7H12O2/c1-3-4-5-7(9)6(2)8/h4-6,8H,3H2,1-2H3. The van der Waals surface area contributed by atoms with Gasteiger partial charge in [0.25, 0.3) is 0 Å². The van der Waals surface area contributed by atoms with Crippen LogP contribution in [0.1, 0.15) is 20.3 Å². The number of carbonyl (C=O) groups excluding carboxylic acids is 1. The third-order valence-corrected chi connectivity index (χ3v) is 0.930. The van der Waals surface area contributed by atoms with Crippen LogP contribution in [0.4, 0.5) is 0 Å². The summed E-state index contributed by atoms with van der Waals surface area (Å²) < 4.78 is 0. The maximum Gasteiger partial charge on any atom is 0.183 e. The lowest BCUT2D eigenvalue weighted by Crippen LogP contribution is -2.12. The highest BCUT2D eigenvalue weighted by Crippen LogP contribution is 1.87. The van der Waals surface area contributed by atoms with Gasteiger partial charge in [0.2, 0.25) is 0 Å². The molecule has 0 aromatic rings. The van der Waals surface area contributed by atoms with Gasteiger partial charge < -0.3 is 5.11 Å². The van der Waals surface area contributed by atoms with Crippen LogP contribution in [0.25, 0.3) is 0 Å². The molecule has 0 saturated carbocycles. The van der Waals surface area contributed by atoms with Gasteiger partial charge in [-0.1, -0.05) is 13.0 Å². The van der Waals surface area contributed by atoms with Gasteiger partial charge in [-0.05, 0) is 19.4 Å². The molecule has 0 bridgehead atoms. The van der Waals surface area contributed by atoms with E-state index in [1.54, 1.807) is 6.08 Å². The van der Waals surface area contributed by atoms with Crippen LogP contribution in [-0.4, -0.2) is 17.0 Å². The van der Waals surface area contributed by atoms with Crippen LogP contribution in [0.15, 0.2) is 12.2 Å². The van der Waals surface area contributed by atoms with Crippen molar-refractivity contribution in [2.45, 2.75) is 26.4 Å². The molecular weight excluding hydrogens is 116 g/mol. The van der Waals surface area contributed by atoms with Gasteiger partial charge in [-0.25, -0.2) is 0 Å². The zero-order valence-corrected chi connectivity index (χ0v) is 5.79. The minimum atomic E-state index is -0.854. The predicted molar refractivity (Wildman–Crippen MR) is 36.1 cm³/mol. The molecule has 2 nitrogen and oxygen atoms in total. The van der Waals surface area contributed by atoms with Crippen molar-refractivity contribution >= 4 is 5.78 Å². The number of aliphatic hydroxyl groups is 1. The molecule has 0 radical (unpaired) electrons. The van der Waals surface area contributed by atoms with Gasteiger partial charge in [0.15, 0.2) is 5.78 Å². The summed E-state index contributed by atoms with van der Waals surface area (Å²) in [5.74, 6) is -0.225. The Balaban J connectivity index is 3.63. The minimum absolute atomic E-state index is 0.225. The molecule has 0 aliphatic rings. The summed E-state index contributed by atoms with van der Waals surface area (Å²) in [7, 11) is 0. The second-order valence-corrected chi connectivity index (χ2v) is 1.89. The molecule has 52 valence electrons. The monoisotopic (exact) mass is 128 g/mol. The summed E-state index contributed by atoms with van der Waals surface area (Å²) in [4.78, 5) is 10.6. The number of rotatable bonds is 3. The number of allylic oxidation sites excluding steroid dienone is 1. The Kier molecular flexibility index (Phi) is 3.97. The summed E-state index contributed by atoms with van der Waals surface area (Å²) in [6.45, 7) is 3.40. The number of ketones is 1. The largest absolute Gasteiger partial charge is 0.385 e. The van der Waals surface area contributed by atoms with Crippen LogP contribution >= 0.6 is 0 Å². The van der Waals surface area contributed by atoms with Gasteiger partial charge in [0.1, 0.15) is 6.10 Å². The topological polar surface area (TPSA) is 37.3 Å². The first kappa shape index (κ1) is 8.37. The molecule has 9 heavy (non-hydrogen) atoms. The Morgan fingerprint density at radius 3 is 2.67 bits per heavy atom. The molecule has 0 fully saturated rings. The number of hydrogen-bond donors (Lipinski definition) is 1. The Hall–Kier alpha value is -0.630. The molecule has 0 rings (SSSR count). The maximum atomic E-state index is 10.6. The summed E-state index contributed by atoms with van der Waals surface area (Å²) in [6.07, 6.45) is 3.12. The van der Waals surface area contributed by atoms with Gasteiger partial charge in [-0.2, -0.15) is 0 Å². The molecule has 1 atom stereocenters. The lowest BCUT2D eigenvalue weighted by molar-refractivity contribution is -0.121. The first-order valence-electron chi connectivity index (χ1n) is 3.07. The molecule has 0 aliphatic carbocycles. The first-order chi connectivity index (χ1) is 4.18. The lowest BCUT2D eigenvalue weighted by atomic mass is 10.2. The van der Waals surface area contributed by atoms with E-state index in [9.17, 15) is 4.79 Å². The van der Waals surface area contributed by atoms with Crippen LogP contribution in [0.2, 0.25) is 0 Å². The van der Waals surface area contributed by atoms with Crippen LogP contribution < -0.4 is 0 Å². The van der Waals surface area contributed by atoms with E-state index in [1.807, 2.05) is 6.92 Å². The van der Waals surface area contributed by atoms with Crippen molar-refractivity contribution in [2.75, 3.05) is 0 Å². The van der Waals surface area contributed by atoms with E-state index >= 15 is 0 Å². The smallest absolute Gasteiger partial charge is 0.183 e. The second kappa shape index (κ2) is 4.27. The summed E-state index contributed by atoms with van der Waals surface area (Å²) in [5.41, 5.74) is 0.